The van der Waals surface area contributed by atoms with Crippen molar-refractivity contribution in [3.63, 3.8) is 0 Å². The third kappa shape index (κ3) is 2.21. The second kappa shape index (κ2) is 4.65. The van der Waals surface area contributed by atoms with E-state index in [-0.39, 0.29) is 0 Å². The minimum atomic E-state index is -1.21. The lowest BCUT2D eigenvalue weighted by Gasteiger charge is -2.21. The van der Waals surface area contributed by atoms with Gasteiger partial charge in [-0.15, -0.1) is 0 Å². The minimum absolute atomic E-state index is 0.514. The fraction of sp³-hybridized carbons (Fsp3) is 0.176. The molecule has 0 saturated heterocycles. The van der Waals surface area contributed by atoms with Gasteiger partial charge in [0.25, 0.3) is 0 Å². The number of aryl methyl sites for hydroxylation is 1. The van der Waals surface area contributed by atoms with Gasteiger partial charge < -0.3 is 9.52 Å². The lowest BCUT2D eigenvalue weighted by atomic mass is 9.93. The first-order valence-corrected chi connectivity index (χ1v) is 6.84. The van der Waals surface area contributed by atoms with Crippen LogP contribution in [0.4, 0.5) is 0 Å². The molecule has 3 rings (SSSR count). The summed E-state index contributed by atoms with van der Waals surface area (Å²) in [4.78, 5) is 0. The number of rotatable bonds is 2. The molecule has 1 N–H and O–H groups in total. The van der Waals surface area contributed by atoms with Gasteiger partial charge in [-0.1, -0.05) is 35.4 Å². The van der Waals surface area contributed by atoms with E-state index in [0.717, 1.165) is 16.5 Å². The van der Waals surface area contributed by atoms with Gasteiger partial charge >= 0.3 is 0 Å². The van der Waals surface area contributed by atoms with Gasteiger partial charge in [0.15, 0.2) is 0 Å². The predicted molar refractivity (Wildman–Crippen MR) is 81.1 cm³/mol. The molecule has 1 unspecified atom stereocenters. The van der Waals surface area contributed by atoms with E-state index >= 15 is 0 Å². The van der Waals surface area contributed by atoms with Gasteiger partial charge in [0.05, 0.1) is 0 Å². The molecule has 0 amide bonds. The summed E-state index contributed by atoms with van der Waals surface area (Å²) in [7, 11) is 0. The van der Waals surface area contributed by atoms with Gasteiger partial charge in [-0.25, -0.2) is 0 Å². The maximum absolute atomic E-state index is 10.8. The van der Waals surface area contributed by atoms with Crippen molar-refractivity contribution >= 4 is 22.6 Å². The molecular formula is C17H15ClO2. The van der Waals surface area contributed by atoms with Crippen LogP contribution in [0.2, 0.25) is 5.02 Å². The van der Waals surface area contributed by atoms with E-state index in [0.29, 0.717) is 16.3 Å². The van der Waals surface area contributed by atoms with Crippen LogP contribution < -0.4 is 0 Å². The Hall–Kier alpha value is -1.77. The van der Waals surface area contributed by atoms with Crippen LogP contribution in [0.1, 0.15) is 23.8 Å². The first kappa shape index (κ1) is 13.2. The molecule has 2 aromatic carbocycles. The number of fused-ring (bicyclic) bond motifs is 1. The molecule has 1 atom stereocenters. The lowest BCUT2D eigenvalue weighted by Crippen LogP contribution is -2.21. The molecule has 3 heteroatoms. The van der Waals surface area contributed by atoms with Gasteiger partial charge in [0, 0.05) is 10.4 Å². The van der Waals surface area contributed by atoms with Crippen LogP contribution in [0, 0.1) is 6.92 Å². The molecular weight excluding hydrogens is 272 g/mol. The summed E-state index contributed by atoms with van der Waals surface area (Å²) in [6.07, 6.45) is 0. The van der Waals surface area contributed by atoms with Gasteiger partial charge in [0.1, 0.15) is 16.9 Å². The van der Waals surface area contributed by atoms with Crippen molar-refractivity contribution in [1.82, 2.24) is 0 Å². The summed E-state index contributed by atoms with van der Waals surface area (Å²) < 4.78 is 5.79. The molecule has 1 heterocycles. The Balaban J connectivity index is 2.13. The van der Waals surface area contributed by atoms with Crippen LogP contribution in [0.25, 0.3) is 11.0 Å². The van der Waals surface area contributed by atoms with Crippen LogP contribution in [-0.4, -0.2) is 5.11 Å². The molecule has 102 valence electrons. The molecule has 20 heavy (non-hydrogen) atoms. The van der Waals surface area contributed by atoms with Gasteiger partial charge in [-0.3, -0.25) is 0 Å². The smallest absolute Gasteiger partial charge is 0.144 e. The summed E-state index contributed by atoms with van der Waals surface area (Å²) in [6.45, 7) is 3.74. The second-order valence-electron chi connectivity index (χ2n) is 5.23. The van der Waals surface area contributed by atoms with E-state index in [1.54, 1.807) is 19.1 Å². The van der Waals surface area contributed by atoms with E-state index in [2.05, 4.69) is 0 Å². The van der Waals surface area contributed by atoms with Crippen molar-refractivity contribution in [2.24, 2.45) is 0 Å². The monoisotopic (exact) mass is 286 g/mol. The molecule has 0 spiro atoms. The highest BCUT2D eigenvalue weighted by molar-refractivity contribution is 6.30. The molecule has 0 fully saturated rings. The second-order valence-corrected chi connectivity index (χ2v) is 5.67. The normalized spacial score (nSPS) is 14.4. The maximum atomic E-state index is 10.8. The van der Waals surface area contributed by atoms with Crippen LogP contribution in [0.5, 0.6) is 0 Å². The fourth-order valence-electron chi connectivity index (χ4n) is 2.34. The van der Waals surface area contributed by atoms with Crippen molar-refractivity contribution in [1.29, 1.82) is 0 Å². The molecule has 2 nitrogen and oxygen atoms in total. The number of benzene rings is 2. The molecule has 0 aliphatic carbocycles. The number of furan rings is 1. The van der Waals surface area contributed by atoms with Crippen molar-refractivity contribution in [3.05, 3.63) is 70.4 Å². The average molecular weight is 287 g/mol. The standard InChI is InChI=1S/C17H15ClO2/c1-11-6-7-15-12(8-11)9-16(20-15)17(2,19)13-4-3-5-14(18)10-13/h3-10,19H,1-2H3. The topological polar surface area (TPSA) is 33.4 Å². The Labute approximate surface area is 122 Å². The first-order chi connectivity index (χ1) is 9.46. The number of halogens is 1. The van der Waals surface area contributed by atoms with Gasteiger partial charge in [0.2, 0.25) is 0 Å². The molecule has 0 bridgehead atoms. The maximum Gasteiger partial charge on any atom is 0.144 e. The third-order valence-corrected chi connectivity index (χ3v) is 3.77. The summed E-state index contributed by atoms with van der Waals surface area (Å²) >= 11 is 6.00. The summed E-state index contributed by atoms with van der Waals surface area (Å²) in [5.74, 6) is 0.514. The van der Waals surface area contributed by atoms with E-state index < -0.39 is 5.60 Å². The summed E-state index contributed by atoms with van der Waals surface area (Å²) in [5, 5.41) is 12.4. The fourth-order valence-corrected chi connectivity index (χ4v) is 2.53. The Morgan fingerprint density at radius 1 is 1.10 bits per heavy atom. The third-order valence-electron chi connectivity index (χ3n) is 3.54. The zero-order valence-electron chi connectivity index (χ0n) is 11.4. The van der Waals surface area contributed by atoms with Crippen molar-refractivity contribution < 1.29 is 9.52 Å². The van der Waals surface area contributed by atoms with Crippen molar-refractivity contribution in [2.75, 3.05) is 0 Å². The highest BCUT2D eigenvalue weighted by Gasteiger charge is 2.29. The molecule has 0 aliphatic rings. The average Bonchev–Trinajstić information content (AvgIpc) is 2.82. The zero-order valence-corrected chi connectivity index (χ0v) is 12.1. The minimum Gasteiger partial charge on any atom is -0.458 e. The quantitative estimate of drug-likeness (QED) is 0.744. The Bertz CT molecular complexity index is 772. The largest absolute Gasteiger partial charge is 0.458 e. The highest BCUT2D eigenvalue weighted by atomic mass is 35.5. The SMILES string of the molecule is Cc1ccc2oc(C(C)(O)c3cccc(Cl)c3)cc2c1. The van der Waals surface area contributed by atoms with Crippen LogP contribution >= 0.6 is 11.6 Å². The van der Waals surface area contributed by atoms with Crippen molar-refractivity contribution in [3.8, 4) is 0 Å². The Morgan fingerprint density at radius 2 is 1.90 bits per heavy atom. The predicted octanol–water partition coefficient (Wildman–Crippen LogP) is 4.65. The van der Waals surface area contributed by atoms with E-state index in [1.165, 1.54) is 0 Å². The van der Waals surface area contributed by atoms with Crippen LogP contribution in [0.3, 0.4) is 0 Å². The molecule has 0 saturated carbocycles. The molecule has 0 aliphatic heterocycles. The molecule has 1 aromatic heterocycles. The van der Waals surface area contributed by atoms with E-state index in [4.69, 9.17) is 16.0 Å². The molecule has 3 aromatic rings. The summed E-state index contributed by atoms with van der Waals surface area (Å²) in [5.41, 5.74) is 1.43. The summed E-state index contributed by atoms with van der Waals surface area (Å²) in [6, 6.07) is 15.0. The van der Waals surface area contributed by atoms with Gasteiger partial charge in [-0.05, 0) is 49.7 Å². The lowest BCUT2D eigenvalue weighted by molar-refractivity contribution is 0.0786. The Kier molecular flexibility index (Phi) is 3.08. The molecule has 0 radical (unpaired) electrons. The van der Waals surface area contributed by atoms with Crippen LogP contribution in [-0.2, 0) is 5.60 Å². The van der Waals surface area contributed by atoms with Gasteiger partial charge in [-0.2, -0.15) is 0 Å². The van der Waals surface area contributed by atoms with Crippen molar-refractivity contribution in [2.45, 2.75) is 19.4 Å². The first-order valence-electron chi connectivity index (χ1n) is 6.46. The van der Waals surface area contributed by atoms with E-state index in [1.807, 2.05) is 43.3 Å². The number of hydrogen-bond acceptors (Lipinski definition) is 2. The van der Waals surface area contributed by atoms with Crippen LogP contribution in [0.15, 0.2) is 52.9 Å². The number of hydrogen-bond donors (Lipinski definition) is 1. The van der Waals surface area contributed by atoms with E-state index in [9.17, 15) is 5.11 Å². The highest BCUT2D eigenvalue weighted by Crippen LogP contribution is 2.34. The Morgan fingerprint density at radius 3 is 2.65 bits per heavy atom. The number of aliphatic hydroxyl groups is 1. The zero-order chi connectivity index (χ0) is 14.3.